The van der Waals surface area contributed by atoms with Crippen molar-refractivity contribution in [2.24, 2.45) is 0 Å². The smallest absolute Gasteiger partial charge is 0.196 e. The molecule has 0 bridgehead atoms. The summed E-state index contributed by atoms with van der Waals surface area (Å²) < 4.78 is 30.3. The minimum absolute atomic E-state index is 0.494. The standard InChI is InChI=1S/C50H32N2O4S4/c1-3-11-31-25-33(19-17-29(31)9-1)51(49-45-37(27-57-49)53-21-23-55-45)43-41-35-13-5-7-15-39(35)60-48(41)44(42-36-14-6-8-16-40(36)59-47(42)43)52(50-46-38(28-58-50)54-22-24-56-46)34-20-18-30-10-2-4-12-32(30)26-34/h1-20,25-28H,21-24H2. The normalized spacial score (nSPS) is 13.6. The van der Waals surface area contributed by atoms with E-state index in [0.717, 1.165) is 55.7 Å². The average Bonchev–Trinajstić information content (AvgIpc) is 4.11. The van der Waals surface area contributed by atoms with Crippen molar-refractivity contribution in [2.75, 3.05) is 36.2 Å². The third-order valence-corrected chi connectivity index (χ3v) is 15.7. The molecule has 10 heteroatoms. The molecular formula is C50H32N2O4S4. The highest BCUT2D eigenvalue weighted by atomic mass is 32.1. The summed E-state index contributed by atoms with van der Waals surface area (Å²) in [5.41, 5.74) is 4.37. The molecule has 0 amide bonds. The quantitative estimate of drug-likeness (QED) is 0.155. The molecule has 7 aromatic carbocycles. The van der Waals surface area contributed by atoms with Crippen LogP contribution >= 0.6 is 45.3 Å². The molecular weight excluding hydrogens is 821 g/mol. The second kappa shape index (κ2) is 13.6. The lowest BCUT2D eigenvalue weighted by atomic mass is 10.0. The molecule has 290 valence electrons. The van der Waals surface area contributed by atoms with Crippen LogP contribution < -0.4 is 28.7 Å². The van der Waals surface area contributed by atoms with E-state index in [-0.39, 0.29) is 0 Å². The second-order valence-electron chi connectivity index (χ2n) is 14.9. The Labute approximate surface area is 360 Å². The van der Waals surface area contributed by atoms with Crippen LogP contribution in [0.4, 0.5) is 32.8 Å². The zero-order chi connectivity index (χ0) is 39.3. The summed E-state index contributed by atoms with van der Waals surface area (Å²) >= 11 is 7.03. The molecule has 0 saturated heterocycles. The molecule has 6 heterocycles. The molecule has 11 aromatic rings. The van der Waals surface area contributed by atoms with Crippen molar-refractivity contribution in [3.63, 3.8) is 0 Å². The molecule has 4 aromatic heterocycles. The maximum atomic E-state index is 6.53. The monoisotopic (exact) mass is 852 g/mol. The van der Waals surface area contributed by atoms with Gasteiger partial charge in [0.1, 0.15) is 36.4 Å². The van der Waals surface area contributed by atoms with Crippen LogP contribution in [0.3, 0.4) is 0 Å². The van der Waals surface area contributed by atoms with E-state index in [1.807, 2.05) is 22.7 Å². The number of benzene rings is 7. The Kier molecular flexibility index (Phi) is 7.84. The summed E-state index contributed by atoms with van der Waals surface area (Å²) in [6.45, 7) is 2.04. The van der Waals surface area contributed by atoms with Crippen LogP contribution in [0, 0.1) is 0 Å². The SMILES string of the molecule is c1ccc2cc(N(c3scc4c3OCCO4)c3c4sc5ccccc5c4c(N(c4ccc5ccccc5c4)c4scc5c4OCCO5)c4sc5ccccc5c34)ccc2c1. The molecule has 2 aliphatic heterocycles. The molecule has 13 rings (SSSR count). The number of fused-ring (bicyclic) bond motifs is 10. The summed E-state index contributed by atoms with van der Waals surface area (Å²) in [6, 6.07) is 48.5. The van der Waals surface area contributed by atoms with Gasteiger partial charge in [-0.2, -0.15) is 0 Å². The zero-order valence-corrected chi connectivity index (χ0v) is 35.1. The molecule has 6 nitrogen and oxygen atoms in total. The maximum Gasteiger partial charge on any atom is 0.196 e. The van der Waals surface area contributed by atoms with E-state index in [4.69, 9.17) is 18.9 Å². The lowest BCUT2D eigenvalue weighted by Crippen LogP contribution is -2.18. The van der Waals surface area contributed by atoms with E-state index in [9.17, 15) is 0 Å². The largest absolute Gasteiger partial charge is 0.485 e. The predicted molar refractivity (Wildman–Crippen MR) is 254 cm³/mol. The Morgan fingerprint density at radius 1 is 0.417 bits per heavy atom. The minimum Gasteiger partial charge on any atom is -0.485 e. The molecule has 60 heavy (non-hydrogen) atoms. The van der Waals surface area contributed by atoms with Crippen LogP contribution in [0.5, 0.6) is 23.0 Å². The summed E-state index contributed by atoms with van der Waals surface area (Å²) in [5, 5.41) is 15.7. The molecule has 0 saturated carbocycles. The van der Waals surface area contributed by atoms with E-state index in [1.165, 1.54) is 61.9 Å². The lowest BCUT2D eigenvalue weighted by Gasteiger charge is -2.31. The van der Waals surface area contributed by atoms with Gasteiger partial charge < -0.3 is 18.9 Å². The minimum atomic E-state index is 0.494. The Morgan fingerprint density at radius 2 is 0.833 bits per heavy atom. The molecule has 0 atom stereocenters. The van der Waals surface area contributed by atoms with Gasteiger partial charge in [-0.15, -0.1) is 45.3 Å². The first-order valence-corrected chi connectivity index (χ1v) is 23.3. The first-order chi connectivity index (χ1) is 29.8. The number of hydrogen-bond donors (Lipinski definition) is 0. The number of thiophene rings is 4. The highest BCUT2D eigenvalue weighted by Gasteiger charge is 2.35. The highest BCUT2D eigenvalue weighted by molar-refractivity contribution is 7.29. The van der Waals surface area contributed by atoms with Crippen molar-refractivity contribution in [1.82, 2.24) is 0 Å². The van der Waals surface area contributed by atoms with Crippen molar-refractivity contribution < 1.29 is 18.9 Å². The first-order valence-electron chi connectivity index (χ1n) is 19.9. The first kappa shape index (κ1) is 34.6. The van der Waals surface area contributed by atoms with Crippen molar-refractivity contribution in [1.29, 1.82) is 0 Å². The van der Waals surface area contributed by atoms with E-state index in [1.54, 1.807) is 22.7 Å². The number of ether oxygens (including phenoxy) is 4. The van der Waals surface area contributed by atoms with E-state index in [2.05, 4.69) is 154 Å². The third-order valence-electron chi connectivity index (χ3n) is 11.5. The van der Waals surface area contributed by atoms with Crippen molar-refractivity contribution in [3.8, 4) is 23.0 Å². The van der Waals surface area contributed by atoms with Crippen LogP contribution in [-0.4, -0.2) is 26.4 Å². The average molecular weight is 853 g/mol. The van der Waals surface area contributed by atoms with Crippen LogP contribution in [0.15, 0.2) is 144 Å². The predicted octanol–water partition coefficient (Wildman–Crippen LogP) is 15.3. The Hall–Kier alpha value is -6.30. The van der Waals surface area contributed by atoms with E-state index in [0.29, 0.717) is 26.4 Å². The maximum absolute atomic E-state index is 6.53. The molecule has 0 fully saturated rings. The fourth-order valence-electron chi connectivity index (χ4n) is 8.88. The topological polar surface area (TPSA) is 43.4 Å². The van der Waals surface area contributed by atoms with Gasteiger partial charge in [0, 0.05) is 53.1 Å². The van der Waals surface area contributed by atoms with Crippen molar-refractivity contribution in [2.45, 2.75) is 0 Å². The van der Waals surface area contributed by atoms with Crippen LogP contribution in [-0.2, 0) is 0 Å². The van der Waals surface area contributed by atoms with Gasteiger partial charge in [-0.3, -0.25) is 9.80 Å². The number of hydrogen-bond acceptors (Lipinski definition) is 10. The molecule has 0 unspecified atom stereocenters. The Bertz CT molecular complexity index is 3280. The lowest BCUT2D eigenvalue weighted by molar-refractivity contribution is 0.174. The van der Waals surface area contributed by atoms with Crippen molar-refractivity contribution in [3.05, 3.63) is 144 Å². The van der Waals surface area contributed by atoms with Crippen LogP contribution in [0.1, 0.15) is 0 Å². The summed E-state index contributed by atoms with van der Waals surface area (Å²) in [7, 11) is 0. The molecule has 0 radical (unpaired) electrons. The molecule has 0 spiro atoms. The number of nitrogens with zero attached hydrogens (tertiary/aromatic N) is 2. The third kappa shape index (κ3) is 5.21. The number of anilines is 6. The van der Waals surface area contributed by atoms with Gasteiger partial charge in [0.05, 0.1) is 20.8 Å². The summed E-state index contributed by atoms with van der Waals surface area (Å²) in [5.74, 6) is 3.14. The summed E-state index contributed by atoms with van der Waals surface area (Å²) in [6.07, 6.45) is 0. The van der Waals surface area contributed by atoms with E-state index >= 15 is 0 Å². The van der Waals surface area contributed by atoms with Gasteiger partial charge in [0.15, 0.2) is 23.0 Å². The Balaban J connectivity index is 1.22. The van der Waals surface area contributed by atoms with E-state index < -0.39 is 0 Å². The van der Waals surface area contributed by atoms with Gasteiger partial charge in [-0.1, -0.05) is 97.1 Å². The fraction of sp³-hybridized carbons (Fsp3) is 0.0800. The zero-order valence-electron chi connectivity index (χ0n) is 31.8. The second-order valence-corrected chi connectivity index (χ2v) is 18.7. The van der Waals surface area contributed by atoms with Gasteiger partial charge in [-0.25, -0.2) is 0 Å². The van der Waals surface area contributed by atoms with Gasteiger partial charge in [0.25, 0.3) is 0 Å². The van der Waals surface area contributed by atoms with Crippen LogP contribution in [0.2, 0.25) is 0 Å². The molecule has 0 aliphatic carbocycles. The fourth-order valence-corrected chi connectivity index (χ4v) is 13.3. The highest BCUT2D eigenvalue weighted by Crippen LogP contribution is 2.62. The number of rotatable bonds is 6. The Morgan fingerprint density at radius 3 is 1.32 bits per heavy atom. The van der Waals surface area contributed by atoms with Gasteiger partial charge >= 0.3 is 0 Å². The van der Waals surface area contributed by atoms with Crippen molar-refractivity contribution >= 4 is 140 Å². The molecule has 2 aliphatic rings. The molecule has 0 N–H and O–H groups in total. The van der Waals surface area contributed by atoms with Crippen LogP contribution in [0.25, 0.3) is 61.9 Å². The van der Waals surface area contributed by atoms with Gasteiger partial charge in [0.2, 0.25) is 0 Å². The summed E-state index contributed by atoms with van der Waals surface area (Å²) in [4.78, 5) is 4.91. The van der Waals surface area contributed by atoms with Gasteiger partial charge in [-0.05, 0) is 57.9 Å².